The molecule has 0 aliphatic heterocycles. The van der Waals surface area contributed by atoms with Crippen molar-refractivity contribution in [3.63, 3.8) is 0 Å². The van der Waals surface area contributed by atoms with Crippen molar-refractivity contribution >= 4 is 23.4 Å². The maximum absolute atomic E-state index is 12.3. The summed E-state index contributed by atoms with van der Waals surface area (Å²) in [5.74, 6) is 0.508. The minimum Gasteiger partial charge on any atom is -0.497 e. The first-order valence-electron chi connectivity index (χ1n) is 7.32. The lowest BCUT2D eigenvalue weighted by Crippen LogP contribution is -2.24. The molecule has 0 unspecified atom stereocenters. The lowest BCUT2D eigenvalue weighted by molar-refractivity contribution is -0.115. The highest BCUT2D eigenvalue weighted by atomic mass is 32.2. The molecule has 7 nitrogen and oxygen atoms in total. The monoisotopic (exact) mass is 336 g/mol. The Hall–Kier alpha value is -2.22. The van der Waals surface area contributed by atoms with E-state index in [1.165, 1.54) is 11.8 Å². The van der Waals surface area contributed by atoms with Crippen molar-refractivity contribution in [3.8, 4) is 5.75 Å². The number of rotatable bonds is 7. The summed E-state index contributed by atoms with van der Waals surface area (Å²) in [6.07, 6.45) is 0.817. The Bertz CT molecular complexity index is 726. The van der Waals surface area contributed by atoms with Gasteiger partial charge in [0, 0.05) is 18.3 Å². The normalized spacial score (nSPS) is 12.0. The number of aromatic amines is 1. The van der Waals surface area contributed by atoms with E-state index in [1.54, 1.807) is 42.9 Å². The van der Waals surface area contributed by atoms with Crippen LogP contribution in [0.1, 0.15) is 20.3 Å². The summed E-state index contributed by atoms with van der Waals surface area (Å²) in [5.41, 5.74) is 0.407. The maximum atomic E-state index is 12.3. The fourth-order valence-electron chi connectivity index (χ4n) is 1.97. The van der Waals surface area contributed by atoms with Gasteiger partial charge in [0.1, 0.15) is 5.75 Å². The number of amides is 1. The smallest absolute Gasteiger partial charge is 0.343 e. The van der Waals surface area contributed by atoms with Gasteiger partial charge in [-0.3, -0.25) is 9.36 Å². The van der Waals surface area contributed by atoms with Crippen molar-refractivity contribution in [1.82, 2.24) is 14.8 Å². The zero-order valence-corrected chi connectivity index (χ0v) is 14.1. The Kier molecular flexibility index (Phi) is 5.86. The van der Waals surface area contributed by atoms with Gasteiger partial charge in [-0.2, -0.15) is 0 Å². The molecular weight excluding hydrogens is 316 g/mol. The van der Waals surface area contributed by atoms with Crippen molar-refractivity contribution in [2.45, 2.75) is 37.2 Å². The van der Waals surface area contributed by atoms with Crippen LogP contribution in [-0.4, -0.2) is 33.0 Å². The molecule has 0 aliphatic carbocycles. The molecule has 1 aromatic carbocycles. The van der Waals surface area contributed by atoms with Crippen LogP contribution < -0.4 is 15.7 Å². The highest BCUT2D eigenvalue weighted by Gasteiger charge is 2.19. The molecule has 8 heteroatoms. The van der Waals surface area contributed by atoms with Crippen molar-refractivity contribution in [2.75, 3.05) is 12.4 Å². The Morgan fingerprint density at radius 2 is 2.30 bits per heavy atom. The maximum Gasteiger partial charge on any atom is 0.343 e. The van der Waals surface area contributed by atoms with E-state index < -0.39 is 5.25 Å². The zero-order chi connectivity index (χ0) is 16.8. The molecule has 1 atom stereocenters. The second-order valence-electron chi connectivity index (χ2n) is 4.94. The van der Waals surface area contributed by atoms with Gasteiger partial charge in [0.25, 0.3) is 0 Å². The van der Waals surface area contributed by atoms with E-state index in [2.05, 4.69) is 15.5 Å². The number of methoxy groups -OCH3 is 1. The molecule has 1 heterocycles. The number of carbonyl (C=O) groups is 1. The van der Waals surface area contributed by atoms with E-state index in [0.29, 0.717) is 23.1 Å². The molecule has 0 fully saturated rings. The summed E-state index contributed by atoms with van der Waals surface area (Å²) < 4.78 is 6.67. The molecule has 0 saturated carbocycles. The second kappa shape index (κ2) is 7.87. The molecule has 2 aromatic rings. The first-order valence-corrected chi connectivity index (χ1v) is 8.20. The molecule has 1 aromatic heterocycles. The number of hydrogen-bond acceptors (Lipinski definition) is 5. The van der Waals surface area contributed by atoms with Crippen LogP contribution in [0, 0.1) is 0 Å². The van der Waals surface area contributed by atoms with Crippen LogP contribution in [0.2, 0.25) is 0 Å². The Morgan fingerprint density at radius 3 is 3.00 bits per heavy atom. The van der Waals surface area contributed by atoms with Gasteiger partial charge in [-0.15, -0.1) is 5.10 Å². The van der Waals surface area contributed by atoms with E-state index in [4.69, 9.17) is 4.74 Å². The van der Waals surface area contributed by atoms with E-state index in [1.807, 2.05) is 6.92 Å². The molecular formula is C15H20N4O3S. The number of hydrogen-bond donors (Lipinski definition) is 2. The Morgan fingerprint density at radius 1 is 1.52 bits per heavy atom. The topological polar surface area (TPSA) is 89.0 Å². The van der Waals surface area contributed by atoms with E-state index >= 15 is 0 Å². The summed E-state index contributed by atoms with van der Waals surface area (Å²) in [6.45, 7) is 4.32. The minimum atomic E-state index is -0.396. The highest BCUT2D eigenvalue weighted by Crippen LogP contribution is 2.22. The average molecular weight is 336 g/mol. The third-order valence-corrected chi connectivity index (χ3v) is 4.25. The summed E-state index contributed by atoms with van der Waals surface area (Å²) in [5, 5.41) is 9.35. The number of thioether (sulfide) groups is 1. The lowest BCUT2D eigenvalue weighted by atomic mass is 10.3. The van der Waals surface area contributed by atoms with Crippen LogP contribution >= 0.6 is 11.8 Å². The SMILES string of the molecule is CCCn1c(S[C@@H](C)C(=O)Nc2cccc(OC)c2)n[nH]c1=O. The third-order valence-electron chi connectivity index (χ3n) is 3.16. The van der Waals surface area contributed by atoms with Crippen LogP contribution in [-0.2, 0) is 11.3 Å². The molecule has 0 aliphatic rings. The molecule has 2 N–H and O–H groups in total. The first-order chi connectivity index (χ1) is 11.0. The van der Waals surface area contributed by atoms with Gasteiger partial charge in [0.15, 0.2) is 5.16 Å². The summed E-state index contributed by atoms with van der Waals surface area (Å²) >= 11 is 1.25. The molecule has 2 rings (SSSR count). The quantitative estimate of drug-likeness (QED) is 0.756. The molecule has 124 valence electrons. The lowest BCUT2D eigenvalue weighted by Gasteiger charge is -2.12. The van der Waals surface area contributed by atoms with Crippen LogP contribution in [0.3, 0.4) is 0 Å². The average Bonchev–Trinajstić information content (AvgIpc) is 2.88. The van der Waals surface area contributed by atoms with Gasteiger partial charge in [-0.1, -0.05) is 24.8 Å². The van der Waals surface area contributed by atoms with Gasteiger partial charge < -0.3 is 10.1 Å². The van der Waals surface area contributed by atoms with Crippen molar-refractivity contribution in [2.24, 2.45) is 0 Å². The van der Waals surface area contributed by atoms with Gasteiger partial charge in [-0.05, 0) is 25.5 Å². The van der Waals surface area contributed by atoms with Crippen LogP contribution in [0.25, 0.3) is 0 Å². The van der Waals surface area contributed by atoms with Crippen LogP contribution in [0.4, 0.5) is 5.69 Å². The van der Waals surface area contributed by atoms with Crippen LogP contribution in [0.5, 0.6) is 5.75 Å². The predicted molar refractivity (Wildman–Crippen MR) is 90.1 cm³/mol. The molecule has 23 heavy (non-hydrogen) atoms. The summed E-state index contributed by atoms with van der Waals surface area (Å²) in [6, 6.07) is 7.15. The number of ether oxygens (including phenoxy) is 1. The van der Waals surface area contributed by atoms with Gasteiger partial charge in [-0.25, -0.2) is 9.89 Å². The predicted octanol–water partition coefficient (Wildman–Crippen LogP) is 2.11. The van der Waals surface area contributed by atoms with Crippen molar-refractivity contribution < 1.29 is 9.53 Å². The zero-order valence-electron chi connectivity index (χ0n) is 13.3. The van der Waals surface area contributed by atoms with Crippen LogP contribution in [0.15, 0.2) is 34.2 Å². The molecule has 0 radical (unpaired) electrons. The minimum absolute atomic E-state index is 0.165. The fourth-order valence-corrected chi connectivity index (χ4v) is 2.85. The highest BCUT2D eigenvalue weighted by molar-refractivity contribution is 8.00. The van der Waals surface area contributed by atoms with E-state index in [0.717, 1.165) is 6.42 Å². The molecule has 0 saturated heterocycles. The van der Waals surface area contributed by atoms with E-state index in [-0.39, 0.29) is 11.6 Å². The van der Waals surface area contributed by atoms with Gasteiger partial charge >= 0.3 is 5.69 Å². The number of nitrogens with one attached hydrogen (secondary N) is 2. The molecule has 1 amide bonds. The van der Waals surface area contributed by atoms with E-state index in [9.17, 15) is 9.59 Å². The summed E-state index contributed by atoms with van der Waals surface area (Å²) in [4.78, 5) is 24.0. The summed E-state index contributed by atoms with van der Waals surface area (Å²) in [7, 11) is 1.57. The number of aromatic nitrogens is 3. The Labute approximate surface area is 138 Å². The number of anilines is 1. The second-order valence-corrected chi connectivity index (χ2v) is 6.25. The number of nitrogens with zero attached hydrogens (tertiary/aromatic N) is 2. The Balaban J connectivity index is 2.04. The van der Waals surface area contributed by atoms with Crippen molar-refractivity contribution in [1.29, 1.82) is 0 Å². The first kappa shape index (κ1) is 17.1. The third kappa shape index (κ3) is 4.38. The number of carbonyl (C=O) groups excluding carboxylic acids is 1. The molecule has 0 spiro atoms. The number of benzene rings is 1. The standard InChI is InChI=1S/C15H20N4O3S/c1-4-8-19-14(21)17-18-15(19)23-10(2)13(20)16-11-6-5-7-12(9-11)22-3/h5-7,9-10H,4,8H2,1-3H3,(H,16,20)(H,17,21)/t10-/m0/s1. The molecule has 0 bridgehead atoms. The van der Waals surface area contributed by atoms with Gasteiger partial charge in [0.05, 0.1) is 12.4 Å². The fraction of sp³-hybridized carbons (Fsp3) is 0.400. The van der Waals surface area contributed by atoms with Gasteiger partial charge in [0.2, 0.25) is 5.91 Å². The van der Waals surface area contributed by atoms with Crippen molar-refractivity contribution in [3.05, 3.63) is 34.7 Å². The largest absolute Gasteiger partial charge is 0.497 e. The number of H-pyrrole nitrogens is 1.